The maximum absolute atomic E-state index is 14.8. The summed E-state index contributed by atoms with van der Waals surface area (Å²) < 4.78 is 65.1. The van der Waals surface area contributed by atoms with E-state index in [4.69, 9.17) is 4.74 Å². The van der Waals surface area contributed by atoms with Crippen LogP contribution in [-0.2, 0) is 6.54 Å². The van der Waals surface area contributed by atoms with Crippen LogP contribution in [0.4, 0.5) is 23.5 Å². The lowest BCUT2D eigenvalue weighted by atomic mass is 10.0. The van der Waals surface area contributed by atoms with Gasteiger partial charge in [0.15, 0.2) is 5.82 Å². The van der Waals surface area contributed by atoms with Crippen molar-refractivity contribution < 1.29 is 22.3 Å². The molecule has 0 amide bonds. The number of ether oxygens (including phenoxy) is 1. The first-order valence-electron chi connectivity index (χ1n) is 10.8. The molecule has 34 heavy (non-hydrogen) atoms. The van der Waals surface area contributed by atoms with Crippen LogP contribution in [0.5, 0.6) is 5.88 Å². The summed E-state index contributed by atoms with van der Waals surface area (Å²) in [6.45, 7) is -0.392. The van der Waals surface area contributed by atoms with Gasteiger partial charge in [-0.3, -0.25) is 0 Å². The van der Waals surface area contributed by atoms with Crippen molar-refractivity contribution in [3.63, 3.8) is 0 Å². The Labute approximate surface area is 192 Å². The minimum absolute atomic E-state index is 0.00313. The third kappa shape index (κ3) is 3.81. The first-order chi connectivity index (χ1) is 16.3. The molecule has 1 saturated heterocycles. The van der Waals surface area contributed by atoms with Crippen molar-refractivity contribution in [3.05, 3.63) is 36.5 Å². The molecule has 1 atom stereocenters. The predicted molar refractivity (Wildman–Crippen MR) is 119 cm³/mol. The molecule has 5 rings (SSSR count). The number of nitrogens with zero attached hydrogens (tertiary/aromatic N) is 6. The van der Waals surface area contributed by atoms with Crippen LogP contribution in [0.2, 0.25) is 0 Å². The van der Waals surface area contributed by atoms with E-state index in [1.54, 1.807) is 30.3 Å². The summed E-state index contributed by atoms with van der Waals surface area (Å²) in [5.41, 5.74) is 2.11. The van der Waals surface area contributed by atoms with E-state index in [0.717, 1.165) is 0 Å². The van der Waals surface area contributed by atoms with Gasteiger partial charge < -0.3 is 19.5 Å². The second kappa shape index (κ2) is 8.42. The average molecular weight is 477 g/mol. The number of rotatable bonds is 6. The Hall–Kier alpha value is -3.41. The Morgan fingerprint density at radius 1 is 1.29 bits per heavy atom. The molecule has 0 radical (unpaired) electrons. The Bertz CT molecular complexity index is 1350. The summed E-state index contributed by atoms with van der Waals surface area (Å²) in [6.07, 6.45) is 3.25. The van der Waals surface area contributed by atoms with Gasteiger partial charge in [-0.25, -0.2) is 27.1 Å². The summed E-state index contributed by atoms with van der Waals surface area (Å²) in [6, 6.07) is 3.63. The number of aryl methyl sites for hydroxylation is 1. The smallest absolute Gasteiger partial charge is 0.280 e. The third-order valence-electron chi connectivity index (χ3n) is 6.08. The minimum atomic E-state index is -2.95. The highest BCUT2D eigenvalue weighted by atomic mass is 19.3. The Morgan fingerprint density at radius 2 is 2.12 bits per heavy atom. The van der Waals surface area contributed by atoms with Crippen molar-refractivity contribution in [2.45, 2.75) is 24.9 Å². The van der Waals surface area contributed by atoms with Crippen LogP contribution in [0.25, 0.3) is 27.7 Å². The second-order valence-electron chi connectivity index (χ2n) is 8.40. The normalized spacial score (nSPS) is 18.6. The van der Waals surface area contributed by atoms with E-state index < -0.39 is 24.5 Å². The summed E-state index contributed by atoms with van der Waals surface area (Å²) in [5, 5.41) is 7.09. The van der Waals surface area contributed by atoms with Gasteiger partial charge in [0.2, 0.25) is 11.8 Å². The van der Waals surface area contributed by atoms with Gasteiger partial charge in [-0.15, -0.1) is 5.10 Å². The minimum Gasteiger partial charge on any atom is -0.479 e. The van der Waals surface area contributed by atoms with Crippen LogP contribution in [0, 0.1) is 5.82 Å². The van der Waals surface area contributed by atoms with Crippen LogP contribution < -0.4 is 10.1 Å². The number of halogens is 4. The number of imidazole rings is 1. The molecule has 1 fully saturated rings. The number of likely N-dealkylation sites (tertiary alicyclic amines) is 1. The van der Waals surface area contributed by atoms with Gasteiger partial charge >= 0.3 is 0 Å². The lowest BCUT2D eigenvalue weighted by Crippen LogP contribution is -2.53. The molecule has 1 aliphatic heterocycles. The van der Waals surface area contributed by atoms with Gasteiger partial charge in [0.1, 0.15) is 17.7 Å². The summed E-state index contributed by atoms with van der Waals surface area (Å²) in [7, 11) is 3.06. The van der Waals surface area contributed by atoms with Crippen LogP contribution >= 0.6 is 0 Å². The van der Waals surface area contributed by atoms with E-state index in [1.165, 1.54) is 28.6 Å². The zero-order chi connectivity index (χ0) is 24.0. The molecule has 4 heterocycles. The zero-order valence-corrected chi connectivity index (χ0v) is 18.6. The highest BCUT2D eigenvalue weighted by Gasteiger charge is 2.44. The molecule has 1 aromatic carbocycles. The monoisotopic (exact) mass is 477 g/mol. The van der Waals surface area contributed by atoms with Crippen molar-refractivity contribution in [3.8, 4) is 17.0 Å². The molecule has 0 bridgehead atoms. The molecule has 12 heteroatoms. The number of nitrogens with one attached hydrogen (secondary N) is 1. The Balaban J connectivity index is 1.55. The van der Waals surface area contributed by atoms with Gasteiger partial charge in [0, 0.05) is 18.3 Å². The number of anilines is 1. The second-order valence-corrected chi connectivity index (χ2v) is 8.40. The average Bonchev–Trinajstić information content (AvgIpc) is 3.40. The predicted octanol–water partition coefficient (Wildman–Crippen LogP) is 3.61. The molecule has 4 aromatic rings. The number of methoxy groups -OCH3 is 1. The van der Waals surface area contributed by atoms with E-state index in [9.17, 15) is 17.6 Å². The largest absolute Gasteiger partial charge is 0.479 e. The van der Waals surface area contributed by atoms with Crippen molar-refractivity contribution >= 4 is 22.5 Å². The number of hydrogen-bond donors (Lipinski definition) is 1. The molecular formula is C22H23F4N7O. The number of fused-ring (bicyclic) bond motifs is 2. The number of aromatic nitrogens is 5. The maximum Gasteiger partial charge on any atom is 0.280 e. The molecule has 0 spiro atoms. The Morgan fingerprint density at radius 3 is 2.85 bits per heavy atom. The van der Waals surface area contributed by atoms with Crippen LogP contribution in [-0.4, -0.2) is 74.9 Å². The number of piperidine rings is 1. The van der Waals surface area contributed by atoms with Crippen molar-refractivity contribution in [2.75, 3.05) is 39.2 Å². The van der Waals surface area contributed by atoms with Gasteiger partial charge in [-0.1, -0.05) is 0 Å². The third-order valence-corrected chi connectivity index (χ3v) is 6.08. The van der Waals surface area contributed by atoms with Gasteiger partial charge in [-0.05, 0) is 37.2 Å². The lowest BCUT2D eigenvalue weighted by Gasteiger charge is -2.36. The van der Waals surface area contributed by atoms with E-state index in [1.807, 2.05) is 0 Å². The van der Waals surface area contributed by atoms with Crippen LogP contribution in [0.15, 0.2) is 30.7 Å². The van der Waals surface area contributed by atoms with Crippen molar-refractivity contribution in [1.29, 1.82) is 0 Å². The molecule has 3 aromatic heterocycles. The molecular weight excluding hydrogens is 454 g/mol. The quantitative estimate of drug-likeness (QED) is 0.428. The van der Waals surface area contributed by atoms with E-state index in [0.29, 0.717) is 28.7 Å². The molecule has 0 aliphatic carbocycles. The molecule has 180 valence electrons. The SMILES string of the molecule is COc1nc(NC2CCN(C)CC2(F)F)nn2ccc(-c3cc(F)c4ncn(CCF)c4c3)c12. The van der Waals surface area contributed by atoms with Crippen molar-refractivity contribution in [1.82, 2.24) is 29.0 Å². The number of alkyl halides is 3. The number of hydrogen-bond acceptors (Lipinski definition) is 6. The molecule has 8 nitrogen and oxygen atoms in total. The molecule has 1 N–H and O–H groups in total. The first-order valence-corrected chi connectivity index (χ1v) is 10.8. The number of benzene rings is 1. The fourth-order valence-corrected chi connectivity index (χ4v) is 4.42. The summed E-state index contributed by atoms with van der Waals surface area (Å²) in [5.74, 6) is -3.35. The summed E-state index contributed by atoms with van der Waals surface area (Å²) >= 11 is 0. The van der Waals surface area contributed by atoms with E-state index in [-0.39, 0.29) is 36.9 Å². The van der Waals surface area contributed by atoms with E-state index in [2.05, 4.69) is 20.4 Å². The zero-order valence-electron chi connectivity index (χ0n) is 18.6. The molecule has 0 saturated carbocycles. The topological polar surface area (TPSA) is 72.5 Å². The van der Waals surface area contributed by atoms with Gasteiger partial charge in [0.25, 0.3) is 5.92 Å². The van der Waals surface area contributed by atoms with Crippen LogP contribution in [0.1, 0.15) is 6.42 Å². The van der Waals surface area contributed by atoms with Crippen LogP contribution in [0.3, 0.4) is 0 Å². The fraction of sp³-hybridized carbons (Fsp3) is 0.409. The highest BCUT2D eigenvalue weighted by molar-refractivity contribution is 5.90. The lowest BCUT2D eigenvalue weighted by molar-refractivity contribution is -0.0675. The maximum atomic E-state index is 14.8. The fourth-order valence-electron chi connectivity index (χ4n) is 4.42. The van der Waals surface area contributed by atoms with Crippen molar-refractivity contribution in [2.24, 2.45) is 0 Å². The standard InChI is InChI=1S/C22H23F4N7O/c1-31-6-4-17(22(25,26)11-31)28-21-29-20(34-2)19-14(3-7-33(19)30-21)13-9-15(24)18-16(10-13)32(8-5-23)12-27-18/h3,7,9-10,12,17H,4-6,8,11H2,1-2H3,(H,28,30). The van der Waals surface area contributed by atoms with Gasteiger partial charge in [-0.2, -0.15) is 4.98 Å². The Kier molecular flexibility index (Phi) is 5.54. The molecule has 1 unspecified atom stereocenters. The highest BCUT2D eigenvalue weighted by Crippen LogP contribution is 2.35. The first kappa shape index (κ1) is 22.4. The van der Waals surface area contributed by atoms with E-state index >= 15 is 0 Å². The van der Waals surface area contributed by atoms with Gasteiger partial charge in [0.05, 0.1) is 38.1 Å². The summed E-state index contributed by atoms with van der Waals surface area (Å²) in [4.78, 5) is 9.92. The molecule has 1 aliphatic rings.